The van der Waals surface area contributed by atoms with E-state index in [0.717, 1.165) is 16.0 Å². The zero-order chi connectivity index (χ0) is 14.8. The van der Waals surface area contributed by atoms with Crippen LogP contribution in [0, 0.1) is 0 Å². The van der Waals surface area contributed by atoms with Crippen molar-refractivity contribution in [3.05, 3.63) is 36.3 Å². The Balaban J connectivity index is 1.85. The van der Waals surface area contributed by atoms with Crippen LogP contribution in [-0.2, 0) is 0 Å². The summed E-state index contributed by atoms with van der Waals surface area (Å²) < 4.78 is 6.14. The van der Waals surface area contributed by atoms with Crippen molar-refractivity contribution < 1.29 is 14.6 Å². The maximum atomic E-state index is 10.7. The molecular formula is C13H10N4O3S. The molecule has 21 heavy (non-hydrogen) atoms. The van der Waals surface area contributed by atoms with Crippen molar-refractivity contribution in [2.75, 3.05) is 12.4 Å². The van der Waals surface area contributed by atoms with Gasteiger partial charge in [-0.3, -0.25) is 0 Å². The van der Waals surface area contributed by atoms with Crippen LogP contribution in [0.5, 0.6) is 5.75 Å². The topological polar surface area (TPSA) is 97.2 Å². The highest BCUT2D eigenvalue weighted by Crippen LogP contribution is 2.30. The van der Waals surface area contributed by atoms with Gasteiger partial charge in [0, 0.05) is 0 Å². The molecule has 0 spiro atoms. The zero-order valence-corrected chi connectivity index (χ0v) is 11.7. The van der Waals surface area contributed by atoms with Gasteiger partial charge in [0.05, 0.1) is 29.7 Å². The number of hydrogen-bond acceptors (Lipinski definition) is 7. The second-order valence-electron chi connectivity index (χ2n) is 4.07. The van der Waals surface area contributed by atoms with Crippen LogP contribution in [0.15, 0.2) is 30.6 Å². The lowest BCUT2D eigenvalue weighted by atomic mass is 10.3. The molecule has 0 saturated carbocycles. The van der Waals surface area contributed by atoms with E-state index >= 15 is 0 Å². The highest BCUT2D eigenvalue weighted by Gasteiger charge is 2.08. The number of benzene rings is 1. The van der Waals surface area contributed by atoms with Crippen LogP contribution in [0.1, 0.15) is 10.5 Å². The molecule has 0 fully saturated rings. The van der Waals surface area contributed by atoms with Gasteiger partial charge >= 0.3 is 5.97 Å². The summed E-state index contributed by atoms with van der Waals surface area (Å²) in [5, 5.41) is 12.4. The number of fused-ring (bicyclic) bond motifs is 1. The molecule has 2 heterocycles. The summed E-state index contributed by atoms with van der Waals surface area (Å²) in [6.07, 6.45) is 2.55. The molecule has 0 aliphatic carbocycles. The largest absolute Gasteiger partial charge is 0.497 e. The second-order valence-corrected chi connectivity index (χ2v) is 5.10. The van der Waals surface area contributed by atoms with Crippen LogP contribution in [-0.4, -0.2) is 33.1 Å². The molecule has 0 aliphatic heterocycles. The number of ether oxygens (including phenoxy) is 1. The number of carbonyl (C=O) groups is 1. The van der Waals surface area contributed by atoms with Gasteiger partial charge in [-0.05, 0) is 18.2 Å². The first kappa shape index (κ1) is 13.3. The van der Waals surface area contributed by atoms with E-state index in [-0.39, 0.29) is 5.69 Å². The van der Waals surface area contributed by atoms with Crippen molar-refractivity contribution in [3.63, 3.8) is 0 Å². The molecular weight excluding hydrogens is 292 g/mol. The molecule has 3 aromatic rings. The number of nitrogens with one attached hydrogen (secondary N) is 1. The first-order chi connectivity index (χ1) is 10.2. The first-order valence-electron chi connectivity index (χ1n) is 5.92. The molecule has 0 radical (unpaired) electrons. The van der Waals surface area contributed by atoms with E-state index in [1.807, 2.05) is 18.2 Å². The number of hydrogen-bond donors (Lipinski definition) is 2. The van der Waals surface area contributed by atoms with Gasteiger partial charge in [-0.25, -0.2) is 19.7 Å². The van der Waals surface area contributed by atoms with Crippen LogP contribution >= 0.6 is 11.3 Å². The highest BCUT2D eigenvalue weighted by molar-refractivity contribution is 7.22. The highest BCUT2D eigenvalue weighted by atomic mass is 32.1. The normalized spacial score (nSPS) is 10.5. The summed E-state index contributed by atoms with van der Waals surface area (Å²) >= 11 is 1.45. The van der Waals surface area contributed by atoms with Gasteiger partial charge in [0.2, 0.25) is 0 Å². The fourth-order valence-electron chi connectivity index (χ4n) is 1.70. The number of anilines is 2. The van der Waals surface area contributed by atoms with Crippen LogP contribution in [0.4, 0.5) is 10.9 Å². The van der Waals surface area contributed by atoms with Gasteiger partial charge in [-0.2, -0.15) is 0 Å². The van der Waals surface area contributed by atoms with Gasteiger partial charge < -0.3 is 15.2 Å². The van der Waals surface area contributed by atoms with Crippen LogP contribution < -0.4 is 10.1 Å². The third-order valence-electron chi connectivity index (χ3n) is 2.70. The zero-order valence-electron chi connectivity index (χ0n) is 10.9. The third-order valence-corrected chi connectivity index (χ3v) is 3.64. The van der Waals surface area contributed by atoms with Crippen molar-refractivity contribution >= 4 is 38.5 Å². The summed E-state index contributed by atoms with van der Waals surface area (Å²) in [4.78, 5) is 22.9. The number of carboxylic acid groups (broad SMARTS) is 1. The number of thiazole rings is 1. The molecule has 2 aromatic heterocycles. The number of nitrogens with zero attached hydrogens (tertiary/aromatic N) is 3. The van der Waals surface area contributed by atoms with Crippen molar-refractivity contribution in [3.8, 4) is 5.75 Å². The van der Waals surface area contributed by atoms with Gasteiger partial charge in [-0.1, -0.05) is 11.3 Å². The van der Waals surface area contributed by atoms with E-state index in [0.29, 0.717) is 10.9 Å². The quantitative estimate of drug-likeness (QED) is 0.764. The summed E-state index contributed by atoms with van der Waals surface area (Å²) in [6, 6.07) is 5.61. The van der Waals surface area contributed by atoms with Crippen LogP contribution in [0.2, 0.25) is 0 Å². The number of rotatable bonds is 4. The Morgan fingerprint density at radius 3 is 2.86 bits per heavy atom. The average molecular weight is 302 g/mol. The fraction of sp³-hybridized carbons (Fsp3) is 0.0769. The number of aromatic nitrogens is 3. The summed E-state index contributed by atoms with van der Waals surface area (Å²) in [6.45, 7) is 0. The van der Waals surface area contributed by atoms with Crippen molar-refractivity contribution in [2.45, 2.75) is 0 Å². The number of aromatic carboxylic acids is 1. The van der Waals surface area contributed by atoms with E-state index in [1.54, 1.807) is 7.11 Å². The molecule has 2 N–H and O–H groups in total. The summed E-state index contributed by atoms with van der Waals surface area (Å²) in [5.41, 5.74) is 0.744. The number of carboxylic acids is 1. The molecule has 0 aliphatic rings. The molecule has 0 unspecified atom stereocenters. The molecule has 0 amide bonds. The third kappa shape index (κ3) is 2.75. The minimum absolute atomic E-state index is 0.102. The fourth-order valence-corrected chi connectivity index (χ4v) is 2.60. The van der Waals surface area contributed by atoms with Gasteiger partial charge in [0.1, 0.15) is 5.75 Å². The molecule has 106 valence electrons. The standard InChI is InChI=1S/C13H10N4O3S/c1-20-7-2-3-8-10(4-7)21-13(16-8)17-11-6-14-9(5-15-11)12(18)19/h2-6H,1H3,(H,18,19)(H,15,16,17). The van der Waals surface area contributed by atoms with Gasteiger partial charge in [0.15, 0.2) is 16.6 Å². The molecule has 8 heteroatoms. The first-order valence-corrected chi connectivity index (χ1v) is 6.74. The Labute approximate surface area is 123 Å². The van der Waals surface area contributed by atoms with E-state index in [1.165, 1.54) is 23.7 Å². The predicted octanol–water partition coefficient (Wildman–Crippen LogP) is 2.54. The molecule has 1 aromatic carbocycles. The lowest BCUT2D eigenvalue weighted by Gasteiger charge is -2.00. The average Bonchev–Trinajstić information content (AvgIpc) is 2.88. The number of methoxy groups -OCH3 is 1. The van der Waals surface area contributed by atoms with Crippen LogP contribution in [0.25, 0.3) is 10.2 Å². The molecule has 3 rings (SSSR count). The lowest BCUT2D eigenvalue weighted by Crippen LogP contribution is -2.02. The second kappa shape index (κ2) is 5.33. The van der Waals surface area contributed by atoms with Crippen molar-refractivity contribution in [2.24, 2.45) is 0 Å². The van der Waals surface area contributed by atoms with Gasteiger partial charge in [0.25, 0.3) is 0 Å². The Bertz CT molecular complexity index is 801. The predicted molar refractivity (Wildman–Crippen MR) is 78.4 cm³/mol. The van der Waals surface area contributed by atoms with E-state index in [9.17, 15) is 4.79 Å². The SMILES string of the molecule is COc1ccc2nc(Nc3cnc(C(=O)O)cn3)sc2c1. The van der Waals surface area contributed by atoms with E-state index < -0.39 is 5.97 Å². The monoisotopic (exact) mass is 302 g/mol. The summed E-state index contributed by atoms with van der Waals surface area (Å²) in [7, 11) is 1.61. The van der Waals surface area contributed by atoms with Crippen LogP contribution in [0.3, 0.4) is 0 Å². The van der Waals surface area contributed by atoms with E-state index in [2.05, 4.69) is 20.3 Å². The van der Waals surface area contributed by atoms with Crippen molar-refractivity contribution in [1.82, 2.24) is 15.0 Å². The van der Waals surface area contributed by atoms with Gasteiger partial charge in [-0.15, -0.1) is 0 Å². The summed E-state index contributed by atoms with van der Waals surface area (Å²) in [5.74, 6) is 0.0930. The maximum Gasteiger partial charge on any atom is 0.356 e. The molecule has 0 bridgehead atoms. The van der Waals surface area contributed by atoms with E-state index in [4.69, 9.17) is 9.84 Å². The van der Waals surface area contributed by atoms with Crippen molar-refractivity contribution in [1.29, 1.82) is 0 Å². The smallest absolute Gasteiger partial charge is 0.356 e. The molecule has 0 saturated heterocycles. The maximum absolute atomic E-state index is 10.7. The Hall–Kier alpha value is -2.74. The minimum Gasteiger partial charge on any atom is -0.497 e. The Morgan fingerprint density at radius 2 is 2.19 bits per heavy atom. The molecule has 7 nitrogen and oxygen atoms in total. The Morgan fingerprint density at radius 1 is 1.33 bits per heavy atom. The lowest BCUT2D eigenvalue weighted by molar-refractivity contribution is 0.0690. The molecule has 0 atom stereocenters. The minimum atomic E-state index is -1.11. The Kier molecular flexibility index (Phi) is 3.36.